The van der Waals surface area contributed by atoms with Gasteiger partial charge in [-0.1, -0.05) is 12.1 Å². The van der Waals surface area contributed by atoms with Crippen LogP contribution in [-0.2, 0) is 6.42 Å². The summed E-state index contributed by atoms with van der Waals surface area (Å²) in [5, 5.41) is 11.4. The maximum absolute atomic E-state index is 8.64. The van der Waals surface area contributed by atoms with Gasteiger partial charge in [0.1, 0.15) is 10.6 Å². The SMILES string of the molecule is N#CCc1ccc(Oc2nc(N)nc3sccc23)cc1. The minimum Gasteiger partial charge on any atom is -0.438 e. The molecule has 0 saturated carbocycles. The van der Waals surface area contributed by atoms with Crippen molar-refractivity contribution in [2.24, 2.45) is 0 Å². The highest BCUT2D eigenvalue weighted by Crippen LogP contribution is 2.30. The van der Waals surface area contributed by atoms with Crippen molar-refractivity contribution in [1.82, 2.24) is 9.97 Å². The normalized spacial score (nSPS) is 10.3. The van der Waals surface area contributed by atoms with Crippen molar-refractivity contribution >= 4 is 27.5 Å². The Morgan fingerprint density at radius 3 is 2.75 bits per heavy atom. The fourth-order valence-corrected chi connectivity index (χ4v) is 2.56. The van der Waals surface area contributed by atoms with Gasteiger partial charge in [-0.15, -0.1) is 11.3 Å². The van der Waals surface area contributed by atoms with Crippen LogP contribution in [0, 0.1) is 11.3 Å². The van der Waals surface area contributed by atoms with Gasteiger partial charge >= 0.3 is 0 Å². The third-order valence-electron chi connectivity index (χ3n) is 2.73. The number of hydrogen-bond acceptors (Lipinski definition) is 6. The molecule has 0 amide bonds. The average molecular weight is 282 g/mol. The summed E-state index contributed by atoms with van der Waals surface area (Å²) in [5.41, 5.74) is 6.62. The van der Waals surface area contributed by atoms with Gasteiger partial charge in [-0.25, -0.2) is 4.98 Å². The molecule has 0 unspecified atom stereocenters. The largest absolute Gasteiger partial charge is 0.438 e. The van der Waals surface area contributed by atoms with Crippen LogP contribution < -0.4 is 10.5 Å². The molecule has 2 heterocycles. The molecular formula is C14H10N4OS. The molecule has 3 rings (SSSR count). The molecule has 0 atom stereocenters. The lowest BCUT2D eigenvalue weighted by atomic mass is 10.2. The molecule has 0 saturated heterocycles. The third kappa shape index (κ3) is 2.39. The number of nitriles is 1. The molecular weight excluding hydrogens is 272 g/mol. The Morgan fingerprint density at radius 1 is 1.20 bits per heavy atom. The van der Waals surface area contributed by atoms with E-state index in [1.807, 2.05) is 35.7 Å². The molecule has 2 aromatic heterocycles. The maximum atomic E-state index is 8.64. The van der Waals surface area contributed by atoms with Crippen LogP contribution in [0.1, 0.15) is 5.56 Å². The Kier molecular flexibility index (Phi) is 3.19. The van der Waals surface area contributed by atoms with Crippen molar-refractivity contribution in [1.29, 1.82) is 5.26 Å². The number of benzene rings is 1. The molecule has 1 aromatic carbocycles. The number of aromatic nitrogens is 2. The van der Waals surface area contributed by atoms with Crippen molar-refractivity contribution in [3.8, 4) is 17.7 Å². The van der Waals surface area contributed by atoms with E-state index in [2.05, 4.69) is 16.0 Å². The van der Waals surface area contributed by atoms with E-state index in [0.717, 1.165) is 15.8 Å². The predicted octanol–water partition coefficient (Wildman–Crippen LogP) is 3.13. The van der Waals surface area contributed by atoms with E-state index >= 15 is 0 Å². The molecule has 0 aliphatic heterocycles. The van der Waals surface area contributed by atoms with Crippen molar-refractivity contribution < 1.29 is 4.74 Å². The molecule has 6 heteroatoms. The van der Waals surface area contributed by atoms with Crippen LogP contribution in [0.5, 0.6) is 11.6 Å². The van der Waals surface area contributed by atoms with Crippen molar-refractivity contribution in [2.45, 2.75) is 6.42 Å². The number of anilines is 1. The van der Waals surface area contributed by atoms with Crippen molar-refractivity contribution in [3.63, 3.8) is 0 Å². The fraction of sp³-hybridized carbons (Fsp3) is 0.0714. The first-order valence-corrected chi connectivity index (χ1v) is 6.78. The summed E-state index contributed by atoms with van der Waals surface area (Å²) in [4.78, 5) is 9.07. The molecule has 2 N–H and O–H groups in total. The van der Waals surface area contributed by atoms with E-state index in [1.54, 1.807) is 0 Å². The van der Waals surface area contributed by atoms with Gasteiger partial charge < -0.3 is 10.5 Å². The molecule has 0 spiro atoms. The molecule has 3 aromatic rings. The summed E-state index contributed by atoms with van der Waals surface area (Å²) in [6.07, 6.45) is 0.384. The first-order valence-electron chi connectivity index (χ1n) is 5.91. The number of nitrogens with two attached hydrogens (primary N) is 1. The zero-order chi connectivity index (χ0) is 13.9. The highest BCUT2D eigenvalue weighted by Gasteiger charge is 2.09. The van der Waals surface area contributed by atoms with E-state index in [1.165, 1.54) is 11.3 Å². The monoisotopic (exact) mass is 282 g/mol. The fourth-order valence-electron chi connectivity index (χ4n) is 1.80. The minimum atomic E-state index is 0.191. The minimum absolute atomic E-state index is 0.191. The zero-order valence-corrected chi connectivity index (χ0v) is 11.2. The van der Waals surface area contributed by atoms with Crippen molar-refractivity contribution in [3.05, 3.63) is 41.3 Å². The zero-order valence-electron chi connectivity index (χ0n) is 10.4. The maximum Gasteiger partial charge on any atom is 0.232 e. The number of fused-ring (bicyclic) bond motifs is 1. The quantitative estimate of drug-likeness (QED) is 0.797. The molecule has 0 aliphatic carbocycles. The summed E-state index contributed by atoms with van der Waals surface area (Å²) in [5.74, 6) is 1.29. The summed E-state index contributed by atoms with van der Waals surface area (Å²) >= 11 is 1.49. The third-order valence-corrected chi connectivity index (χ3v) is 3.54. The van der Waals surface area contributed by atoms with Crippen LogP contribution in [-0.4, -0.2) is 9.97 Å². The molecule has 0 aliphatic rings. The van der Waals surface area contributed by atoms with Crippen LogP contribution in [0.2, 0.25) is 0 Å². The van der Waals surface area contributed by atoms with Crippen molar-refractivity contribution in [2.75, 3.05) is 5.73 Å². The Morgan fingerprint density at radius 2 is 2.00 bits per heavy atom. The van der Waals surface area contributed by atoms with Crippen LogP contribution in [0.15, 0.2) is 35.7 Å². The number of ether oxygens (including phenoxy) is 1. The van der Waals surface area contributed by atoms with Gasteiger partial charge in [0.15, 0.2) is 0 Å². The predicted molar refractivity (Wildman–Crippen MR) is 77.7 cm³/mol. The summed E-state index contributed by atoms with van der Waals surface area (Å²) in [6.45, 7) is 0. The number of nitrogen functional groups attached to an aromatic ring is 1. The molecule has 98 valence electrons. The summed E-state index contributed by atoms with van der Waals surface area (Å²) in [6, 6.07) is 11.3. The number of thiophene rings is 1. The smallest absolute Gasteiger partial charge is 0.232 e. The van der Waals surface area contributed by atoms with Crippen LogP contribution >= 0.6 is 11.3 Å². The highest BCUT2D eigenvalue weighted by atomic mass is 32.1. The molecule has 5 nitrogen and oxygen atoms in total. The van der Waals surface area contributed by atoms with Crippen LogP contribution in [0.25, 0.3) is 10.2 Å². The number of rotatable bonds is 3. The summed E-state index contributed by atoms with van der Waals surface area (Å²) in [7, 11) is 0. The van der Waals surface area contributed by atoms with Gasteiger partial charge in [0.2, 0.25) is 11.8 Å². The highest BCUT2D eigenvalue weighted by molar-refractivity contribution is 7.16. The second kappa shape index (κ2) is 5.15. The standard InChI is InChI=1S/C14H10N4OS/c15-7-5-9-1-3-10(4-2-9)19-12-11-6-8-20-13(11)18-14(16)17-12/h1-4,6,8H,5H2,(H2,16,17,18). The Bertz CT molecular complexity index is 789. The lowest BCUT2D eigenvalue weighted by molar-refractivity contribution is 0.469. The molecule has 20 heavy (non-hydrogen) atoms. The lowest BCUT2D eigenvalue weighted by Crippen LogP contribution is -1.97. The van der Waals surface area contributed by atoms with E-state index in [4.69, 9.17) is 15.7 Å². The van der Waals surface area contributed by atoms with E-state index in [-0.39, 0.29) is 5.95 Å². The van der Waals surface area contributed by atoms with E-state index in [0.29, 0.717) is 18.1 Å². The van der Waals surface area contributed by atoms with E-state index < -0.39 is 0 Å². The van der Waals surface area contributed by atoms with E-state index in [9.17, 15) is 0 Å². The van der Waals surface area contributed by atoms with Gasteiger partial charge in [-0.2, -0.15) is 10.2 Å². The molecule has 0 radical (unpaired) electrons. The second-order valence-corrected chi connectivity index (χ2v) is 5.00. The lowest BCUT2D eigenvalue weighted by Gasteiger charge is -2.06. The van der Waals surface area contributed by atoms with Crippen LogP contribution in [0.3, 0.4) is 0 Å². The first-order chi connectivity index (χ1) is 9.76. The Balaban J connectivity index is 1.93. The Hall–Kier alpha value is -2.65. The number of nitrogens with zero attached hydrogens (tertiary/aromatic N) is 3. The molecule has 0 bridgehead atoms. The number of hydrogen-bond donors (Lipinski definition) is 1. The second-order valence-electron chi connectivity index (χ2n) is 4.11. The average Bonchev–Trinajstić information content (AvgIpc) is 2.89. The van der Waals surface area contributed by atoms with Gasteiger partial charge in [0, 0.05) is 0 Å². The first kappa shape index (κ1) is 12.4. The summed E-state index contributed by atoms with van der Waals surface area (Å²) < 4.78 is 5.76. The Labute approximate surface area is 119 Å². The topological polar surface area (TPSA) is 84.8 Å². The van der Waals surface area contributed by atoms with Gasteiger partial charge in [0.25, 0.3) is 0 Å². The van der Waals surface area contributed by atoms with Gasteiger partial charge in [-0.05, 0) is 29.1 Å². The van der Waals surface area contributed by atoms with Gasteiger partial charge in [-0.3, -0.25) is 0 Å². The van der Waals surface area contributed by atoms with Gasteiger partial charge in [0.05, 0.1) is 17.9 Å². The van der Waals surface area contributed by atoms with Crippen LogP contribution in [0.4, 0.5) is 5.95 Å². The molecule has 0 fully saturated rings.